The Labute approximate surface area is 152 Å². The predicted octanol–water partition coefficient (Wildman–Crippen LogP) is 2.07. The number of likely N-dealkylation sites (tertiary alicyclic amines) is 2. The lowest BCUT2D eigenvalue weighted by molar-refractivity contribution is -0.142. The van der Waals surface area contributed by atoms with Crippen LogP contribution in [0.2, 0.25) is 0 Å². The van der Waals surface area contributed by atoms with Crippen LogP contribution in [-0.2, 0) is 19.8 Å². The van der Waals surface area contributed by atoms with Crippen LogP contribution < -0.4 is 5.32 Å². The molecular formula is C17H27F3N6. The number of nitrogens with zero attached hydrogens (tertiary/aromatic N) is 5. The minimum absolute atomic E-state index is 0.0558. The maximum Gasteiger partial charge on any atom is 0.435 e. The highest BCUT2D eigenvalue weighted by atomic mass is 19.4. The van der Waals surface area contributed by atoms with Crippen molar-refractivity contribution in [1.29, 1.82) is 0 Å². The first-order chi connectivity index (χ1) is 12.4. The molecule has 0 spiro atoms. The fourth-order valence-electron chi connectivity index (χ4n) is 3.93. The standard InChI is InChI=1S/C17H27F3N6/c1-21-16(22-10-13-11-24(2)23-15(13)17(18,19)20)26-9-6-14(12-26)25-7-4-3-5-8-25/h11,14H,3-10,12H2,1-2H3,(H,21,22). The van der Waals surface area contributed by atoms with Crippen LogP contribution in [-0.4, -0.2) is 64.8 Å². The fourth-order valence-corrected chi connectivity index (χ4v) is 3.93. The normalized spacial score (nSPS) is 22.9. The molecule has 3 heterocycles. The molecule has 146 valence electrons. The average molecular weight is 372 g/mol. The Morgan fingerprint density at radius 2 is 2.00 bits per heavy atom. The van der Waals surface area contributed by atoms with Gasteiger partial charge in [0.1, 0.15) is 0 Å². The van der Waals surface area contributed by atoms with E-state index in [0.29, 0.717) is 12.0 Å². The molecule has 2 saturated heterocycles. The lowest BCUT2D eigenvalue weighted by atomic mass is 10.1. The van der Waals surface area contributed by atoms with Crippen molar-refractivity contribution < 1.29 is 13.2 Å². The van der Waals surface area contributed by atoms with Crippen LogP contribution in [0, 0.1) is 0 Å². The Morgan fingerprint density at radius 3 is 2.65 bits per heavy atom. The quantitative estimate of drug-likeness (QED) is 0.652. The van der Waals surface area contributed by atoms with Gasteiger partial charge in [-0.3, -0.25) is 14.6 Å². The Hall–Kier alpha value is -1.77. The highest BCUT2D eigenvalue weighted by Crippen LogP contribution is 2.30. The first-order valence-electron chi connectivity index (χ1n) is 9.18. The summed E-state index contributed by atoms with van der Waals surface area (Å²) in [5, 5.41) is 6.63. The number of aryl methyl sites for hydroxylation is 1. The Bertz CT molecular complexity index is 633. The van der Waals surface area contributed by atoms with Gasteiger partial charge in [0.15, 0.2) is 11.7 Å². The minimum atomic E-state index is -4.45. The summed E-state index contributed by atoms with van der Waals surface area (Å²) in [5.41, 5.74) is -0.705. The number of guanidine groups is 1. The molecule has 0 amide bonds. The minimum Gasteiger partial charge on any atom is -0.352 e. The number of piperidine rings is 1. The summed E-state index contributed by atoms with van der Waals surface area (Å²) in [5.74, 6) is 0.654. The van der Waals surface area contributed by atoms with Crippen molar-refractivity contribution in [1.82, 2.24) is 24.9 Å². The van der Waals surface area contributed by atoms with E-state index in [1.807, 2.05) is 0 Å². The molecule has 1 atom stereocenters. The Morgan fingerprint density at radius 1 is 1.27 bits per heavy atom. The van der Waals surface area contributed by atoms with Crippen LogP contribution >= 0.6 is 0 Å². The molecule has 0 aliphatic carbocycles. The third kappa shape index (κ3) is 4.31. The number of halogens is 3. The van der Waals surface area contributed by atoms with Gasteiger partial charge in [-0.2, -0.15) is 18.3 Å². The molecule has 1 aromatic heterocycles. The topological polar surface area (TPSA) is 48.7 Å². The summed E-state index contributed by atoms with van der Waals surface area (Å²) in [7, 11) is 3.17. The predicted molar refractivity (Wildman–Crippen MR) is 93.8 cm³/mol. The second-order valence-electron chi connectivity index (χ2n) is 7.06. The van der Waals surface area contributed by atoms with Gasteiger partial charge in [-0.15, -0.1) is 0 Å². The van der Waals surface area contributed by atoms with Crippen molar-refractivity contribution in [2.45, 2.75) is 44.4 Å². The summed E-state index contributed by atoms with van der Waals surface area (Å²) >= 11 is 0. The molecule has 3 rings (SSSR count). The third-order valence-corrected chi connectivity index (χ3v) is 5.19. The van der Waals surface area contributed by atoms with Gasteiger partial charge >= 0.3 is 6.18 Å². The molecule has 0 bridgehead atoms. The summed E-state index contributed by atoms with van der Waals surface area (Å²) in [6.07, 6.45) is 1.85. The van der Waals surface area contributed by atoms with Crippen LogP contribution in [0.25, 0.3) is 0 Å². The van der Waals surface area contributed by atoms with E-state index >= 15 is 0 Å². The SMILES string of the molecule is CN=C(NCc1cn(C)nc1C(F)(F)F)N1CCC(N2CCCCC2)C1. The first-order valence-corrected chi connectivity index (χ1v) is 9.18. The molecule has 1 unspecified atom stereocenters. The Balaban J connectivity index is 1.59. The summed E-state index contributed by atoms with van der Waals surface area (Å²) in [4.78, 5) is 8.95. The maximum atomic E-state index is 13.1. The van der Waals surface area contributed by atoms with E-state index in [2.05, 4.69) is 25.2 Å². The van der Waals surface area contributed by atoms with Gasteiger partial charge in [0.05, 0.1) is 0 Å². The van der Waals surface area contributed by atoms with Crippen LogP contribution in [0.4, 0.5) is 13.2 Å². The van der Waals surface area contributed by atoms with Crippen molar-refractivity contribution in [2.24, 2.45) is 12.0 Å². The number of aliphatic imine (C=N–C) groups is 1. The van der Waals surface area contributed by atoms with Gasteiger partial charge < -0.3 is 10.2 Å². The number of nitrogens with one attached hydrogen (secondary N) is 1. The second kappa shape index (κ2) is 7.85. The molecule has 2 fully saturated rings. The van der Waals surface area contributed by atoms with Gasteiger partial charge in [0.25, 0.3) is 0 Å². The number of alkyl halides is 3. The van der Waals surface area contributed by atoms with Gasteiger partial charge in [-0.25, -0.2) is 0 Å². The fraction of sp³-hybridized carbons (Fsp3) is 0.765. The van der Waals surface area contributed by atoms with Crippen molar-refractivity contribution in [3.63, 3.8) is 0 Å². The molecule has 2 aliphatic rings. The monoisotopic (exact) mass is 372 g/mol. The zero-order chi connectivity index (χ0) is 18.7. The highest BCUT2D eigenvalue weighted by Gasteiger charge is 2.37. The molecule has 1 N–H and O–H groups in total. The van der Waals surface area contributed by atoms with E-state index in [4.69, 9.17) is 0 Å². The van der Waals surface area contributed by atoms with Crippen molar-refractivity contribution in [3.8, 4) is 0 Å². The molecule has 26 heavy (non-hydrogen) atoms. The first kappa shape index (κ1) is 19.0. The molecule has 0 aromatic carbocycles. The molecule has 0 saturated carbocycles. The summed E-state index contributed by atoms with van der Waals surface area (Å²) < 4.78 is 40.4. The van der Waals surface area contributed by atoms with Crippen molar-refractivity contribution in [3.05, 3.63) is 17.5 Å². The van der Waals surface area contributed by atoms with Gasteiger partial charge in [0, 0.05) is 51.5 Å². The number of aromatic nitrogens is 2. The Kier molecular flexibility index (Phi) is 5.74. The van der Waals surface area contributed by atoms with Crippen molar-refractivity contribution in [2.75, 3.05) is 33.2 Å². The van der Waals surface area contributed by atoms with Gasteiger partial charge in [0.2, 0.25) is 0 Å². The van der Waals surface area contributed by atoms with Crippen LogP contribution in [0.5, 0.6) is 0 Å². The molecular weight excluding hydrogens is 345 g/mol. The maximum absolute atomic E-state index is 13.1. The van der Waals surface area contributed by atoms with Crippen molar-refractivity contribution >= 4 is 5.96 Å². The highest BCUT2D eigenvalue weighted by molar-refractivity contribution is 5.80. The number of hydrogen-bond acceptors (Lipinski definition) is 3. The third-order valence-electron chi connectivity index (χ3n) is 5.19. The average Bonchev–Trinajstić information content (AvgIpc) is 3.23. The van der Waals surface area contributed by atoms with Gasteiger partial charge in [-0.1, -0.05) is 6.42 Å². The molecule has 1 aromatic rings. The molecule has 0 radical (unpaired) electrons. The van der Waals surface area contributed by atoms with E-state index in [0.717, 1.165) is 32.6 Å². The zero-order valence-corrected chi connectivity index (χ0v) is 15.4. The smallest absolute Gasteiger partial charge is 0.352 e. The summed E-state index contributed by atoms with van der Waals surface area (Å²) in [6.45, 7) is 4.10. The van der Waals surface area contributed by atoms with E-state index in [1.165, 1.54) is 37.2 Å². The zero-order valence-electron chi connectivity index (χ0n) is 15.4. The summed E-state index contributed by atoms with van der Waals surface area (Å²) in [6, 6.07) is 0.512. The number of hydrogen-bond donors (Lipinski definition) is 1. The second-order valence-corrected chi connectivity index (χ2v) is 7.06. The molecule has 9 heteroatoms. The van der Waals surface area contributed by atoms with E-state index in [9.17, 15) is 13.2 Å². The number of rotatable bonds is 3. The lowest BCUT2D eigenvalue weighted by Gasteiger charge is -2.32. The molecule has 2 aliphatic heterocycles. The van der Waals surface area contributed by atoms with E-state index in [-0.39, 0.29) is 12.1 Å². The largest absolute Gasteiger partial charge is 0.435 e. The van der Waals surface area contributed by atoms with Crippen LogP contribution in [0.15, 0.2) is 11.2 Å². The van der Waals surface area contributed by atoms with Gasteiger partial charge in [-0.05, 0) is 32.4 Å². The van der Waals surface area contributed by atoms with Crippen LogP contribution in [0.1, 0.15) is 36.9 Å². The van der Waals surface area contributed by atoms with E-state index in [1.54, 1.807) is 7.05 Å². The van der Waals surface area contributed by atoms with Crippen LogP contribution in [0.3, 0.4) is 0 Å². The molecule has 6 nitrogen and oxygen atoms in total. The lowest BCUT2D eigenvalue weighted by Crippen LogP contribution is -2.44. The van der Waals surface area contributed by atoms with E-state index < -0.39 is 11.9 Å².